The Morgan fingerprint density at radius 1 is 1.50 bits per heavy atom. The Balaban J connectivity index is 2.28. The average Bonchev–Trinajstić information content (AvgIpc) is 2.66. The molecule has 2 rings (SSSR count). The molecule has 0 saturated carbocycles. The van der Waals surface area contributed by atoms with Crippen molar-refractivity contribution in [2.24, 2.45) is 5.73 Å². The molecule has 6 N–H and O–H groups in total. The Labute approximate surface area is 90.5 Å². The molecule has 0 aliphatic heterocycles. The van der Waals surface area contributed by atoms with E-state index in [4.69, 9.17) is 11.5 Å². The fourth-order valence-electron chi connectivity index (χ4n) is 1.23. The van der Waals surface area contributed by atoms with Gasteiger partial charge in [-0.15, -0.1) is 0 Å². The SMILES string of the molecule is NCCC(=O)Nc1nc(N)c2[nH]cnc2n1. The molecule has 2 aromatic rings. The van der Waals surface area contributed by atoms with Crippen LogP contribution in [0.5, 0.6) is 0 Å². The van der Waals surface area contributed by atoms with Crippen molar-refractivity contribution in [3.05, 3.63) is 6.33 Å². The maximum Gasteiger partial charge on any atom is 0.233 e. The highest BCUT2D eigenvalue weighted by atomic mass is 16.1. The Hall–Kier alpha value is -2.22. The second-order valence-electron chi connectivity index (χ2n) is 3.12. The van der Waals surface area contributed by atoms with Crippen LogP contribution in [0.1, 0.15) is 6.42 Å². The van der Waals surface area contributed by atoms with Crippen LogP contribution >= 0.6 is 0 Å². The first-order valence-corrected chi connectivity index (χ1v) is 4.67. The summed E-state index contributed by atoms with van der Waals surface area (Å²) in [4.78, 5) is 25.9. The van der Waals surface area contributed by atoms with Crippen molar-refractivity contribution in [3.8, 4) is 0 Å². The van der Waals surface area contributed by atoms with Gasteiger partial charge in [0.15, 0.2) is 11.5 Å². The second-order valence-corrected chi connectivity index (χ2v) is 3.12. The number of aromatic amines is 1. The van der Waals surface area contributed by atoms with Crippen LogP contribution in [0.3, 0.4) is 0 Å². The summed E-state index contributed by atoms with van der Waals surface area (Å²) in [5.74, 6) is 0.123. The zero-order chi connectivity index (χ0) is 11.5. The van der Waals surface area contributed by atoms with E-state index in [-0.39, 0.29) is 30.6 Å². The number of fused-ring (bicyclic) bond motifs is 1. The average molecular weight is 221 g/mol. The number of carbonyl (C=O) groups is 1. The van der Waals surface area contributed by atoms with Gasteiger partial charge in [0.05, 0.1) is 6.33 Å². The number of hydrogen-bond acceptors (Lipinski definition) is 6. The van der Waals surface area contributed by atoms with Crippen molar-refractivity contribution in [3.63, 3.8) is 0 Å². The van der Waals surface area contributed by atoms with Crippen LogP contribution in [0.25, 0.3) is 11.2 Å². The number of imidazole rings is 1. The molecular weight excluding hydrogens is 210 g/mol. The summed E-state index contributed by atoms with van der Waals surface area (Å²) in [7, 11) is 0. The van der Waals surface area contributed by atoms with Crippen molar-refractivity contribution in [1.29, 1.82) is 0 Å². The third-order valence-electron chi connectivity index (χ3n) is 1.94. The molecule has 0 radical (unpaired) electrons. The van der Waals surface area contributed by atoms with Gasteiger partial charge in [-0.25, -0.2) is 4.98 Å². The second kappa shape index (κ2) is 4.11. The van der Waals surface area contributed by atoms with Crippen LogP contribution < -0.4 is 16.8 Å². The summed E-state index contributed by atoms with van der Waals surface area (Å²) >= 11 is 0. The van der Waals surface area contributed by atoms with Gasteiger partial charge in [0.2, 0.25) is 11.9 Å². The first-order valence-electron chi connectivity index (χ1n) is 4.67. The van der Waals surface area contributed by atoms with Gasteiger partial charge in [0, 0.05) is 13.0 Å². The first-order chi connectivity index (χ1) is 7.70. The molecule has 0 aliphatic carbocycles. The molecule has 8 nitrogen and oxygen atoms in total. The minimum Gasteiger partial charge on any atom is -0.382 e. The lowest BCUT2D eigenvalue weighted by molar-refractivity contribution is -0.116. The number of aromatic nitrogens is 4. The molecule has 0 unspecified atom stereocenters. The van der Waals surface area contributed by atoms with Crippen LogP contribution in [0.15, 0.2) is 6.33 Å². The molecule has 8 heteroatoms. The standard InChI is InChI=1S/C8H11N7O/c9-2-1-4(16)13-8-14-6(10)5-7(15-8)12-3-11-5/h3H,1-2,9H2,(H4,10,11,12,13,14,15,16). The minimum atomic E-state index is -0.253. The Morgan fingerprint density at radius 2 is 2.31 bits per heavy atom. The summed E-state index contributed by atoms with van der Waals surface area (Å²) in [6.45, 7) is 0.270. The number of amides is 1. The lowest BCUT2D eigenvalue weighted by Crippen LogP contribution is -2.18. The highest BCUT2D eigenvalue weighted by Gasteiger charge is 2.09. The summed E-state index contributed by atoms with van der Waals surface area (Å²) in [6.07, 6.45) is 1.67. The van der Waals surface area contributed by atoms with Gasteiger partial charge in [-0.3, -0.25) is 10.1 Å². The quantitative estimate of drug-likeness (QED) is 0.537. The van der Waals surface area contributed by atoms with Crippen LogP contribution in [0, 0.1) is 0 Å². The van der Waals surface area contributed by atoms with Gasteiger partial charge in [-0.2, -0.15) is 9.97 Å². The maximum atomic E-state index is 11.3. The molecular formula is C8H11N7O. The predicted molar refractivity (Wildman–Crippen MR) is 58.4 cm³/mol. The van der Waals surface area contributed by atoms with Crippen LogP contribution in [-0.4, -0.2) is 32.4 Å². The van der Waals surface area contributed by atoms with E-state index in [2.05, 4.69) is 25.3 Å². The summed E-state index contributed by atoms with van der Waals surface area (Å²) < 4.78 is 0. The van der Waals surface area contributed by atoms with Gasteiger partial charge in [0.1, 0.15) is 5.52 Å². The largest absolute Gasteiger partial charge is 0.382 e. The molecule has 16 heavy (non-hydrogen) atoms. The van der Waals surface area contributed by atoms with Gasteiger partial charge in [0.25, 0.3) is 0 Å². The van der Waals surface area contributed by atoms with Gasteiger partial charge in [-0.05, 0) is 0 Å². The molecule has 0 spiro atoms. The molecule has 2 heterocycles. The molecule has 0 aromatic carbocycles. The van der Waals surface area contributed by atoms with Crippen LogP contribution in [0.4, 0.5) is 11.8 Å². The monoisotopic (exact) mass is 221 g/mol. The normalized spacial score (nSPS) is 10.6. The van der Waals surface area contributed by atoms with Crippen LogP contribution in [0.2, 0.25) is 0 Å². The number of hydrogen-bond donors (Lipinski definition) is 4. The summed E-state index contributed by atoms with van der Waals surface area (Å²) in [5, 5.41) is 2.49. The van der Waals surface area contributed by atoms with E-state index >= 15 is 0 Å². The minimum absolute atomic E-state index is 0.135. The van der Waals surface area contributed by atoms with Crippen molar-refractivity contribution < 1.29 is 4.79 Å². The zero-order valence-corrected chi connectivity index (χ0v) is 8.40. The Bertz CT molecular complexity index is 520. The molecule has 1 amide bonds. The number of carbonyl (C=O) groups excluding carboxylic acids is 1. The van der Waals surface area contributed by atoms with Crippen molar-refractivity contribution in [1.82, 2.24) is 19.9 Å². The lowest BCUT2D eigenvalue weighted by Gasteiger charge is -2.03. The van der Waals surface area contributed by atoms with E-state index in [1.807, 2.05) is 0 Å². The highest BCUT2D eigenvalue weighted by Crippen LogP contribution is 2.14. The molecule has 0 saturated heterocycles. The van der Waals surface area contributed by atoms with E-state index in [9.17, 15) is 4.79 Å². The number of nitrogen functional groups attached to an aromatic ring is 1. The van der Waals surface area contributed by atoms with Gasteiger partial charge in [-0.1, -0.05) is 0 Å². The summed E-state index contributed by atoms with van der Waals surface area (Å²) in [6, 6.07) is 0. The molecule has 0 atom stereocenters. The molecule has 2 aromatic heterocycles. The van der Waals surface area contributed by atoms with Gasteiger partial charge >= 0.3 is 0 Å². The molecule has 84 valence electrons. The first kappa shape index (κ1) is 10.3. The van der Waals surface area contributed by atoms with Crippen molar-refractivity contribution >= 4 is 28.8 Å². The smallest absolute Gasteiger partial charge is 0.233 e. The number of anilines is 2. The third kappa shape index (κ3) is 1.91. The van der Waals surface area contributed by atoms with E-state index in [0.717, 1.165) is 0 Å². The Kier molecular flexibility index (Phi) is 2.64. The number of nitrogens with zero attached hydrogens (tertiary/aromatic N) is 3. The van der Waals surface area contributed by atoms with Crippen LogP contribution in [-0.2, 0) is 4.79 Å². The lowest BCUT2D eigenvalue weighted by atomic mass is 10.4. The third-order valence-corrected chi connectivity index (χ3v) is 1.94. The van der Waals surface area contributed by atoms with E-state index in [1.54, 1.807) is 0 Å². The van der Waals surface area contributed by atoms with Crippen molar-refractivity contribution in [2.75, 3.05) is 17.6 Å². The van der Waals surface area contributed by atoms with E-state index in [1.165, 1.54) is 6.33 Å². The molecule has 0 fully saturated rings. The number of nitrogens with one attached hydrogen (secondary N) is 2. The predicted octanol–water partition coefficient (Wildman–Crippen LogP) is -0.778. The van der Waals surface area contributed by atoms with E-state index in [0.29, 0.717) is 11.2 Å². The fraction of sp³-hybridized carbons (Fsp3) is 0.250. The topological polar surface area (TPSA) is 136 Å². The van der Waals surface area contributed by atoms with Gasteiger partial charge < -0.3 is 16.5 Å². The zero-order valence-electron chi connectivity index (χ0n) is 8.40. The highest BCUT2D eigenvalue weighted by molar-refractivity contribution is 5.91. The number of rotatable bonds is 3. The number of H-pyrrole nitrogens is 1. The van der Waals surface area contributed by atoms with E-state index < -0.39 is 0 Å². The Morgan fingerprint density at radius 3 is 3.06 bits per heavy atom. The fourth-order valence-corrected chi connectivity index (χ4v) is 1.23. The number of nitrogens with two attached hydrogens (primary N) is 2. The molecule has 0 bridgehead atoms. The molecule has 0 aliphatic rings. The maximum absolute atomic E-state index is 11.3. The summed E-state index contributed by atoms with van der Waals surface area (Å²) in [5.41, 5.74) is 11.9. The van der Waals surface area contributed by atoms with Crippen molar-refractivity contribution in [2.45, 2.75) is 6.42 Å².